The van der Waals surface area contributed by atoms with Crippen molar-refractivity contribution in [1.82, 2.24) is 0 Å². The number of para-hydroxylation sites is 2. The van der Waals surface area contributed by atoms with Gasteiger partial charge in [0.15, 0.2) is 0 Å². The van der Waals surface area contributed by atoms with Gasteiger partial charge in [-0.15, -0.1) is 0 Å². The summed E-state index contributed by atoms with van der Waals surface area (Å²) in [5.41, 5.74) is 4.47. The molecule has 1 atom stereocenters. The topological polar surface area (TPSA) is 66.8 Å². The Balaban J connectivity index is 1.65. The number of hydrogen-bond acceptors (Lipinski definition) is 3. The molecule has 172 valence electrons. The number of aryl methyl sites for hydroxylation is 1. The third kappa shape index (κ3) is 6.22. The Morgan fingerprint density at radius 3 is 2.06 bits per heavy atom. The second-order valence-corrected chi connectivity index (χ2v) is 8.04. The standard InChI is InChI=1S/C28H31NO4/c1-3-12-26(27(30)31)25-19-10-13-22(21(25)2)14-11-20-33-28(32)29(23-15-6-4-7-16-23)24-17-8-5-9-18-24/h4-10,13,15-19,26H,3,11-12,14,20H2,1-2H3,(H,30,31). The van der Waals surface area contributed by atoms with Crippen molar-refractivity contribution in [1.29, 1.82) is 0 Å². The lowest BCUT2D eigenvalue weighted by Gasteiger charge is -2.22. The minimum atomic E-state index is -0.784. The van der Waals surface area contributed by atoms with Crippen molar-refractivity contribution in [3.05, 3.63) is 95.6 Å². The highest BCUT2D eigenvalue weighted by Gasteiger charge is 2.22. The fraction of sp³-hybridized carbons (Fsp3) is 0.286. The van der Waals surface area contributed by atoms with Crippen molar-refractivity contribution in [2.24, 2.45) is 0 Å². The van der Waals surface area contributed by atoms with Crippen LogP contribution in [0.3, 0.4) is 0 Å². The van der Waals surface area contributed by atoms with Gasteiger partial charge in [-0.1, -0.05) is 67.9 Å². The van der Waals surface area contributed by atoms with E-state index in [2.05, 4.69) is 0 Å². The quantitative estimate of drug-likeness (QED) is 0.346. The number of benzene rings is 3. The van der Waals surface area contributed by atoms with E-state index in [4.69, 9.17) is 4.74 Å². The largest absolute Gasteiger partial charge is 0.481 e. The number of nitrogens with zero attached hydrogens (tertiary/aromatic N) is 1. The number of aliphatic carboxylic acids is 1. The van der Waals surface area contributed by atoms with E-state index < -0.39 is 18.0 Å². The van der Waals surface area contributed by atoms with Gasteiger partial charge in [-0.25, -0.2) is 9.69 Å². The Labute approximate surface area is 195 Å². The molecule has 33 heavy (non-hydrogen) atoms. The highest BCUT2D eigenvalue weighted by molar-refractivity contribution is 5.95. The van der Waals surface area contributed by atoms with Crippen molar-refractivity contribution in [2.45, 2.75) is 45.4 Å². The Hall–Kier alpha value is -3.60. The summed E-state index contributed by atoms with van der Waals surface area (Å²) in [7, 11) is 0. The first-order chi connectivity index (χ1) is 16.0. The van der Waals surface area contributed by atoms with Crippen LogP contribution in [0, 0.1) is 6.92 Å². The summed E-state index contributed by atoms with van der Waals surface area (Å²) in [5, 5.41) is 9.63. The first-order valence-electron chi connectivity index (χ1n) is 11.4. The van der Waals surface area contributed by atoms with E-state index in [-0.39, 0.29) is 6.61 Å². The molecular formula is C28H31NO4. The van der Waals surface area contributed by atoms with Gasteiger partial charge in [0.25, 0.3) is 0 Å². The Kier molecular flexibility index (Phi) is 8.64. The summed E-state index contributed by atoms with van der Waals surface area (Å²) in [6.45, 7) is 4.25. The van der Waals surface area contributed by atoms with Gasteiger partial charge >= 0.3 is 12.1 Å². The Bertz CT molecular complexity index is 1010. The molecule has 0 aliphatic carbocycles. The number of carboxylic acid groups (broad SMARTS) is 1. The van der Waals surface area contributed by atoms with E-state index in [1.807, 2.05) is 92.7 Å². The minimum absolute atomic E-state index is 0.274. The maximum Gasteiger partial charge on any atom is 0.418 e. The number of hydrogen-bond donors (Lipinski definition) is 1. The predicted molar refractivity (Wildman–Crippen MR) is 131 cm³/mol. The fourth-order valence-corrected chi connectivity index (χ4v) is 4.05. The van der Waals surface area contributed by atoms with Gasteiger partial charge in [0.2, 0.25) is 0 Å². The lowest BCUT2D eigenvalue weighted by Crippen LogP contribution is -2.27. The molecular weight excluding hydrogens is 414 g/mol. The summed E-state index contributed by atoms with van der Waals surface area (Å²) in [5.74, 6) is -1.27. The minimum Gasteiger partial charge on any atom is -0.481 e. The van der Waals surface area contributed by atoms with Crippen molar-refractivity contribution >= 4 is 23.4 Å². The van der Waals surface area contributed by atoms with Gasteiger partial charge in [-0.3, -0.25) is 4.79 Å². The highest BCUT2D eigenvalue weighted by atomic mass is 16.6. The van der Waals surface area contributed by atoms with Crippen LogP contribution in [0.4, 0.5) is 16.2 Å². The van der Waals surface area contributed by atoms with E-state index in [0.717, 1.165) is 34.5 Å². The molecule has 0 saturated heterocycles. The van der Waals surface area contributed by atoms with Crippen LogP contribution in [-0.4, -0.2) is 23.8 Å². The van der Waals surface area contributed by atoms with Crippen LogP contribution < -0.4 is 4.90 Å². The van der Waals surface area contributed by atoms with Crippen molar-refractivity contribution in [2.75, 3.05) is 11.5 Å². The molecule has 0 aromatic heterocycles. The van der Waals surface area contributed by atoms with E-state index in [1.165, 1.54) is 0 Å². The van der Waals surface area contributed by atoms with E-state index >= 15 is 0 Å². The van der Waals surface area contributed by atoms with Gasteiger partial charge in [0.05, 0.1) is 23.9 Å². The van der Waals surface area contributed by atoms with Crippen molar-refractivity contribution in [3.63, 3.8) is 0 Å². The summed E-state index contributed by atoms with van der Waals surface area (Å²) in [6.07, 6.45) is 2.37. The number of amides is 1. The number of rotatable bonds is 10. The SMILES string of the molecule is CCCC(C(=O)O)c1cccc(CCCOC(=O)N(c2ccccc2)c2ccccc2)c1C. The number of ether oxygens (including phenoxy) is 1. The van der Waals surface area contributed by atoms with Gasteiger partial charge in [0.1, 0.15) is 0 Å². The van der Waals surface area contributed by atoms with Crippen LogP contribution in [0.15, 0.2) is 78.9 Å². The normalized spacial score (nSPS) is 11.6. The van der Waals surface area contributed by atoms with Crippen LogP contribution >= 0.6 is 0 Å². The van der Waals surface area contributed by atoms with Crippen LogP contribution in [0.5, 0.6) is 0 Å². The summed E-state index contributed by atoms with van der Waals surface area (Å²) >= 11 is 0. The zero-order valence-corrected chi connectivity index (χ0v) is 19.2. The number of carbonyl (C=O) groups is 2. The average Bonchev–Trinajstić information content (AvgIpc) is 2.83. The monoisotopic (exact) mass is 445 g/mol. The van der Waals surface area contributed by atoms with Gasteiger partial charge in [0, 0.05) is 0 Å². The van der Waals surface area contributed by atoms with E-state index in [9.17, 15) is 14.7 Å². The molecule has 3 aromatic carbocycles. The van der Waals surface area contributed by atoms with Crippen LogP contribution in [0.2, 0.25) is 0 Å². The zero-order valence-electron chi connectivity index (χ0n) is 19.2. The zero-order chi connectivity index (χ0) is 23.6. The maximum absolute atomic E-state index is 13.0. The summed E-state index contributed by atoms with van der Waals surface area (Å²) in [4.78, 5) is 26.2. The lowest BCUT2D eigenvalue weighted by molar-refractivity contribution is -0.139. The first-order valence-corrected chi connectivity index (χ1v) is 11.4. The Morgan fingerprint density at radius 1 is 0.909 bits per heavy atom. The molecule has 0 fully saturated rings. The van der Waals surface area contributed by atoms with Crippen molar-refractivity contribution in [3.8, 4) is 0 Å². The van der Waals surface area contributed by atoms with Gasteiger partial charge in [-0.2, -0.15) is 0 Å². The number of carboxylic acids is 1. The van der Waals surface area contributed by atoms with Gasteiger partial charge in [-0.05, 0) is 67.1 Å². The molecule has 3 rings (SSSR count). The first kappa shape index (κ1) is 24.1. The smallest absolute Gasteiger partial charge is 0.418 e. The van der Waals surface area contributed by atoms with Crippen LogP contribution in [-0.2, 0) is 16.0 Å². The second-order valence-electron chi connectivity index (χ2n) is 8.04. The third-order valence-corrected chi connectivity index (χ3v) is 5.77. The molecule has 1 N–H and O–H groups in total. The fourth-order valence-electron chi connectivity index (χ4n) is 4.05. The lowest BCUT2D eigenvalue weighted by atomic mass is 9.88. The number of anilines is 2. The Morgan fingerprint density at radius 2 is 1.52 bits per heavy atom. The molecule has 1 unspecified atom stereocenters. The summed E-state index contributed by atoms with van der Waals surface area (Å²) in [6, 6.07) is 24.7. The molecule has 3 aromatic rings. The third-order valence-electron chi connectivity index (χ3n) is 5.77. The molecule has 0 aliphatic rings. The molecule has 0 aliphatic heterocycles. The number of carbonyl (C=O) groups excluding carboxylic acids is 1. The maximum atomic E-state index is 13.0. The van der Waals surface area contributed by atoms with Crippen LogP contribution in [0.1, 0.15) is 48.8 Å². The molecule has 0 bridgehead atoms. The molecule has 5 nitrogen and oxygen atoms in total. The van der Waals surface area contributed by atoms with Gasteiger partial charge < -0.3 is 9.84 Å². The molecule has 0 saturated carbocycles. The molecule has 0 heterocycles. The predicted octanol–water partition coefficient (Wildman–Crippen LogP) is 6.87. The van der Waals surface area contributed by atoms with Crippen LogP contribution in [0.25, 0.3) is 0 Å². The second kappa shape index (κ2) is 11.9. The average molecular weight is 446 g/mol. The summed E-state index contributed by atoms with van der Waals surface area (Å²) < 4.78 is 5.62. The van der Waals surface area contributed by atoms with Crippen molar-refractivity contribution < 1.29 is 19.4 Å². The van der Waals surface area contributed by atoms with E-state index in [1.54, 1.807) is 4.90 Å². The van der Waals surface area contributed by atoms with E-state index in [0.29, 0.717) is 19.3 Å². The molecule has 5 heteroatoms. The molecule has 0 radical (unpaired) electrons. The molecule has 1 amide bonds. The highest BCUT2D eigenvalue weighted by Crippen LogP contribution is 2.28. The molecule has 0 spiro atoms.